The van der Waals surface area contributed by atoms with Gasteiger partial charge in [0.15, 0.2) is 6.29 Å². The SMILES string of the molecule is CC(C)(C)c1c(C=O)n(C(=O)O)c2ccccc12. The number of aldehydes is 1. The quantitative estimate of drug-likeness (QED) is 0.784. The Morgan fingerprint density at radius 3 is 2.39 bits per heavy atom. The lowest BCUT2D eigenvalue weighted by molar-refractivity contribution is 0.111. The van der Waals surface area contributed by atoms with Gasteiger partial charge in [-0.15, -0.1) is 0 Å². The zero-order valence-corrected chi connectivity index (χ0v) is 10.6. The van der Waals surface area contributed by atoms with Gasteiger partial charge >= 0.3 is 6.09 Å². The maximum atomic E-state index is 11.3. The number of nitrogens with zero attached hydrogens (tertiary/aromatic N) is 1. The number of aromatic nitrogens is 1. The van der Waals surface area contributed by atoms with Crippen LogP contribution in [0.4, 0.5) is 4.79 Å². The van der Waals surface area contributed by atoms with E-state index in [2.05, 4.69) is 0 Å². The van der Waals surface area contributed by atoms with Crippen LogP contribution in [0.1, 0.15) is 36.8 Å². The predicted octanol–water partition coefficient (Wildman–Crippen LogP) is 3.28. The first-order valence-corrected chi connectivity index (χ1v) is 5.70. The molecule has 1 aromatic carbocycles. The first kappa shape index (κ1) is 12.4. The molecule has 4 heteroatoms. The lowest BCUT2D eigenvalue weighted by atomic mass is 9.85. The molecule has 1 aromatic heterocycles. The van der Waals surface area contributed by atoms with Crippen LogP contribution in [0.2, 0.25) is 0 Å². The van der Waals surface area contributed by atoms with Gasteiger partial charge in [-0.25, -0.2) is 9.36 Å². The minimum Gasteiger partial charge on any atom is -0.464 e. The van der Waals surface area contributed by atoms with Crippen LogP contribution in [-0.2, 0) is 5.41 Å². The second kappa shape index (κ2) is 3.98. The zero-order chi connectivity index (χ0) is 13.5. The van der Waals surface area contributed by atoms with Crippen molar-refractivity contribution in [3.05, 3.63) is 35.5 Å². The van der Waals surface area contributed by atoms with Crippen molar-refractivity contribution in [1.82, 2.24) is 4.57 Å². The summed E-state index contributed by atoms with van der Waals surface area (Å²) in [5.74, 6) is 0. The summed E-state index contributed by atoms with van der Waals surface area (Å²) >= 11 is 0. The Labute approximate surface area is 105 Å². The first-order valence-electron chi connectivity index (χ1n) is 5.70. The molecule has 0 saturated carbocycles. The van der Waals surface area contributed by atoms with Gasteiger partial charge in [0.2, 0.25) is 0 Å². The predicted molar refractivity (Wildman–Crippen MR) is 69.4 cm³/mol. The molecule has 18 heavy (non-hydrogen) atoms. The Morgan fingerprint density at radius 2 is 1.89 bits per heavy atom. The fourth-order valence-electron chi connectivity index (χ4n) is 2.37. The number of carbonyl (C=O) groups excluding carboxylic acids is 1. The molecule has 0 unspecified atom stereocenters. The molecule has 4 nitrogen and oxygen atoms in total. The van der Waals surface area contributed by atoms with Crippen LogP contribution in [0, 0.1) is 0 Å². The molecule has 0 aliphatic heterocycles. The highest BCUT2D eigenvalue weighted by Crippen LogP contribution is 2.34. The van der Waals surface area contributed by atoms with E-state index in [1.807, 2.05) is 32.9 Å². The smallest absolute Gasteiger partial charge is 0.416 e. The molecule has 0 saturated heterocycles. The summed E-state index contributed by atoms with van der Waals surface area (Å²) in [4.78, 5) is 22.6. The molecular weight excluding hydrogens is 230 g/mol. The fourth-order valence-corrected chi connectivity index (χ4v) is 2.37. The number of fused-ring (bicyclic) bond motifs is 1. The van der Waals surface area contributed by atoms with Crippen molar-refractivity contribution in [3.63, 3.8) is 0 Å². The van der Waals surface area contributed by atoms with E-state index in [0.717, 1.165) is 15.5 Å². The van der Waals surface area contributed by atoms with Crippen LogP contribution in [0.25, 0.3) is 10.9 Å². The van der Waals surface area contributed by atoms with Gasteiger partial charge in [-0.1, -0.05) is 39.0 Å². The average Bonchev–Trinajstić information content (AvgIpc) is 2.62. The highest BCUT2D eigenvalue weighted by atomic mass is 16.4. The third-order valence-electron chi connectivity index (χ3n) is 2.96. The highest BCUT2D eigenvalue weighted by molar-refractivity contribution is 6.00. The second-order valence-electron chi connectivity index (χ2n) is 5.26. The summed E-state index contributed by atoms with van der Waals surface area (Å²) < 4.78 is 1.06. The molecule has 0 bridgehead atoms. The third-order valence-corrected chi connectivity index (χ3v) is 2.96. The number of hydrogen-bond donors (Lipinski definition) is 1. The van der Waals surface area contributed by atoms with Gasteiger partial charge in [0.05, 0.1) is 11.2 Å². The highest BCUT2D eigenvalue weighted by Gasteiger charge is 2.27. The van der Waals surface area contributed by atoms with E-state index in [-0.39, 0.29) is 11.1 Å². The molecular formula is C14H15NO3. The monoisotopic (exact) mass is 245 g/mol. The van der Waals surface area contributed by atoms with Crippen molar-refractivity contribution in [3.8, 4) is 0 Å². The summed E-state index contributed by atoms with van der Waals surface area (Å²) in [5, 5.41) is 10.1. The normalized spacial score (nSPS) is 11.7. The molecule has 1 N–H and O–H groups in total. The van der Waals surface area contributed by atoms with Crippen LogP contribution < -0.4 is 0 Å². The average molecular weight is 245 g/mol. The van der Waals surface area contributed by atoms with Gasteiger partial charge in [-0.3, -0.25) is 4.79 Å². The summed E-state index contributed by atoms with van der Waals surface area (Å²) in [7, 11) is 0. The third kappa shape index (κ3) is 1.70. The molecule has 2 aromatic rings. The molecule has 0 amide bonds. The van der Waals surface area contributed by atoms with E-state index in [4.69, 9.17) is 0 Å². The molecule has 94 valence electrons. The van der Waals surface area contributed by atoms with Crippen LogP contribution in [0.15, 0.2) is 24.3 Å². The Hall–Kier alpha value is -2.10. The maximum Gasteiger partial charge on any atom is 0.416 e. The molecule has 0 aliphatic carbocycles. The van der Waals surface area contributed by atoms with E-state index in [1.165, 1.54) is 0 Å². The fraction of sp³-hybridized carbons (Fsp3) is 0.286. The van der Waals surface area contributed by atoms with E-state index in [9.17, 15) is 14.7 Å². The van der Waals surface area contributed by atoms with Crippen molar-refractivity contribution in [2.24, 2.45) is 0 Å². The topological polar surface area (TPSA) is 59.3 Å². The summed E-state index contributed by atoms with van der Waals surface area (Å²) in [6.07, 6.45) is -0.516. The largest absolute Gasteiger partial charge is 0.464 e. The Morgan fingerprint density at radius 1 is 1.28 bits per heavy atom. The second-order valence-corrected chi connectivity index (χ2v) is 5.26. The molecule has 2 rings (SSSR count). The standard InChI is InChI=1S/C14H15NO3/c1-14(2,3)12-9-6-4-5-7-10(9)15(13(17)18)11(12)8-16/h4-8H,1-3H3,(H,17,18). The zero-order valence-electron chi connectivity index (χ0n) is 10.6. The molecule has 0 radical (unpaired) electrons. The van der Waals surface area contributed by atoms with Crippen molar-refractivity contribution in [2.45, 2.75) is 26.2 Å². The molecule has 0 atom stereocenters. The van der Waals surface area contributed by atoms with Crippen molar-refractivity contribution >= 4 is 23.3 Å². The molecule has 0 fully saturated rings. The van der Waals surface area contributed by atoms with E-state index in [1.54, 1.807) is 12.1 Å². The van der Waals surface area contributed by atoms with Crippen LogP contribution in [0.5, 0.6) is 0 Å². The van der Waals surface area contributed by atoms with Gasteiger partial charge in [-0.2, -0.15) is 0 Å². The number of hydrogen-bond acceptors (Lipinski definition) is 2. The number of para-hydroxylation sites is 1. The van der Waals surface area contributed by atoms with Crippen molar-refractivity contribution in [2.75, 3.05) is 0 Å². The summed E-state index contributed by atoms with van der Waals surface area (Å²) in [5.41, 5.74) is 1.25. The number of carboxylic acid groups (broad SMARTS) is 1. The maximum absolute atomic E-state index is 11.3. The lowest BCUT2D eigenvalue weighted by Crippen LogP contribution is -2.17. The van der Waals surface area contributed by atoms with Gasteiger partial charge < -0.3 is 5.11 Å². The molecule has 0 aliphatic rings. The Bertz CT molecular complexity index is 632. The van der Waals surface area contributed by atoms with Gasteiger partial charge in [0.1, 0.15) is 0 Å². The number of benzene rings is 1. The van der Waals surface area contributed by atoms with E-state index < -0.39 is 6.09 Å². The minimum absolute atomic E-state index is 0.219. The Kier molecular flexibility index (Phi) is 2.73. The van der Waals surface area contributed by atoms with Crippen LogP contribution >= 0.6 is 0 Å². The lowest BCUT2D eigenvalue weighted by Gasteiger charge is -2.19. The van der Waals surface area contributed by atoms with Crippen LogP contribution in [-0.4, -0.2) is 22.1 Å². The summed E-state index contributed by atoms with van der Waals surface area (Å²) in [6, 6.07) is 7.18. The number of carbonyl (C=O) groups is 2. The van der Waals surface area contributed by atoms with E-state index >= 15 is 0 Å². The Balaban J connectivity index is 3.01. The van der Waals surface area contributed by atoms with Crippen molar-refractivity contribution < 1.29 is 14.7 Å². The van der Waals surface area contributed by atoms with Gasteiger partial charge in [0, 0.05) is 5.39 Å². The van der Waals surface area contributed by atoms with Gasteiger partial charge in [-0.05, 0) is 17.0 Å². The number of rotatable bonds is 1. The van der Waals surface area contributed by atoms with E-state index in [0.29, 0.717) is 11.8 Å². The van der Waals surface area contributed by atoms with Gasteiger partial charge in [0.25, 0.3) is 0 Å². The molecule has 0 spiro atoms. The van der Waals surface area contributed by atoms with Crippen molar-refractivity contribution in [1.29, 1.82) is 0 Å². The molecule has 1 heterocycles. The summed E-state index contributed by atoms with van der Waals surface area (Å²) in [6.45, 7) is 5.90. The van der Waals surface area contributed by atoms with Crippen LogP contribution in [0.3, 0.4) is 0 Å². The first-order chi connectivity index (χ1) is 8.38. The minimum atomic E-state index is -1.14.